The molecule has 1 aliphatic heterocycles. The van der Waals surface area contributed by atoms with Crippen molar-refractivity contribution in [3.8, 4) is 0 Å². The van der Waals surface area contributed by atoms with E-state index in [9.17, 15) is 16.8 Å². The number of sulfone groups is 1. The molecule has 0 amide bonds. The van der Waals surface area contributed by atoms with Gasteiger partial charge in [0.1, 0.15) is 0 Å². The molecule has 0 aliphatic carbocycles. The second-order valence-corrected chi connectivity index (χ2v) is 8.48. The summed E-state index contributed by atoms with van der Waals surface area (Å²) in [5, 5.41) is 0. The first-order valence-electron chi connectivity index (χ1n) is 5.58. The molecule has 1 saturated heterocycles. The van der Waals surface area contributed by atoms with Crippen molar-refractivity contribution in [3.63, 3.8) is 0 Å². The third-order valence-corrected chi connectivity index (χ3v) is 6.19. The maximum Gasteiger partial charge on any atom is 0.240 e. The molecule has 1 fully saturated rings. The SMILES string of the molecule is Cc1ccc(S(=O)(=O)NC2CCS(=O)(=O)C2)cc1. The Morgan fingerprint density at radius 1 is 1.22 bits per heavy atom. The third-order valence-electron chi connectivity index (χ3n) is 2.89. The van der Waals surface area contributed by atoms with Gasteiger partial charge in [0.15, 0.2) is 9.84 Å². The lowest BCUT2D eigenvalue weighted by atomic mass is 10.2. The van der Waals surface area contributed by atoms with Crippen LogP contribution in [0.25, 0.3) is 0 Å². The molecule has 1 heterocycles. The Hall–Kier alpha value is -0.920. The van der Waals surface area contributed by atoms with Crippen molar-refractivity contribution in [3.05, 3.63) is 29.8 Å². The molecule has 0 saturated carbocycles. The number of sulfonamides is 1. The Labute approximate surface area is 107 Å². The fourth-order valence-corrected chi connectivity index (χ4v) is 4.94. The summed E-state index contributed by atoms with van der Waals surface area (Å²) in [7, 11) is -6.71. The highest BCUT2D eigenvalue weighted by molar-refractivity contribution is 7.92. The lowest BCUT2D eigenvalue weighted by molar-refractivity contribution is 0.562. The minimum Gasteiger partial charge on any atom is -0.229 e. The van der Waals surface area contributed by atoms with Crippen LogP contribution in [0.1, 0.15) is 12.0 Å². The van der Waals surface area contributed by atoms with Gasteiger partial charge >= 0.3 is 0 Å². The zero-order chi connectivity index (χ0) is 13.4. The van der Waals surface area contributed by atoms with Crippen molar-refractivity contribution in [2.75, 3.05) is 11.5 Å². The van der Waals surface area contributed by atoms with Crippen molar-refractivity contribution < 1.29 is 16.8 Å². The van der Waals surface area contributed by atoms with E-state index in [1.54, 1.807) is 12.1 Å². The highest BCUT2D eigenvalue weighted by Gasteiger charge is 2.31. The Kier molecular flexibility index (Phi) is 3.48. The van der Waals surface area contributed by atoms with Crippen molar-refractivity contribution in [2.45, 2.75) is 24.3 Å². The summed E-state index contributed by atoms with van der Waals surface area (Å²) >= 11 is 0. The molecular weight excluding hydrogens is 274 g/mol. The number of rotatable bonds is 3. The first-order chi connectivity index (χ1) is 8.28. The Bertz CT molecular complexity index is 632. The maximum atomic E-state index is 12.0. The largest absolute Gasteiger partial charge is 0.240 e. The summed E-state index contributed by atoms with van der Waals surface area (Å²) in [6.07, 6.45) is 0.341. The number of benzene rings is 1. The summed E-state index contributed by atoms with van der Waals surface area (Å²) in [5.41, 5.74) is 0.970. The summed E-state index contributed by atoms with van der Waals surface area (Å²) in [6, 6.07) is 5.93. The molecule has 0 spiro atoms. The standard InChI is InChI=1S/C11H15NO4S2/c1-9-2-4-11(5-3-9)18(15,16)12-10-6-7-17(13,14)8-10/h2-5,10,12H,6-8H2,1H3. The second kappa shape index (κ2) is 4.64. The number of nitrogens with one attached hydrogen (secondary N) is 1. The van der Waals surface area contributed by atoms with E-state index >= 15 is 0 Å². The van der Waals surface area contributed by atoms with Crippen LogP contribution in [0.4, 0.5) is 0 Å². The van der Waals surface area contributed by atoms with Gasteiger partial charge < -0.3 is 0 Å². The molecule has 0 bridgehead atoms. The van der Waals surface area contributed by atoms with E-state index in [1.165, 1.54) is 12.1 Å². The summed E-state index contributed by atoms with van der Waals surface area (Å²) in [6.45, 7) is 1.87. The topological polar surface area (TPSA) is 80.3 Å². The smallest absolute Gasteiger partial charge is 0.229 e. The fourth-order valence-electron chi connectivity index (χ4n) is 1.89. The molecule has 18 heavy (non-hydrogen) atoms. The lowest BCUT2D eigenvalue weighted by Gasteiger charge is -2.11. The van der Waals surface area contributed by atoms with Crippen LogP contribution in [0.2, 0.25) is 0 Å². The molecule has 1 atom stereocenters. The van der Waals surface area contributed by atoms with Crippen LogP contribution in [-0.4, -0.2) is 34.4 Å². The van der Waals surface area contributed by atoms with Gasteiger partial charge in [0.25, 0.3) is 0 Å². The lowest BCUT2D eigenvalue weighted by Crippen LogP contribution is -2.35. The van der Waals surface area contributed by atoms with Crippen LogP contribution in [0, 0.1) is 6.92 Å². The molecule has 1 N–H and O–H groups in total. The third kappa shape index (κ3) is 3.09. The van der Waals surface area contributed by atoms with Gasteiger partial charge in [0.05, 0.1) is 16.4 Å². The number of hydrogen-bond acceptors (Lipinski definition) is 4. The molecule has 1 aliphatic rings. The molecule has 1 aromatic carbocycles. The van der Waals surface area contributed by atoms with E-state index in [4.69, 9.17) is 0 Å². The van der Waals surface area contributed by atoms with Crippen LogP contribution in [0.3, 0.4) is 0 Å². The first kappa shape index (κ1) is 13.5. The minimum atomic E-state index is -3.63. The molecule has 1 aromatic rings. The minimum absolute atomic E-state index is 0.0497. The monoisotopic (exact) mass is 289 g/mol. The van der Waals surface area contributed by atoms with E-state index in [0.717, 1.165) is 5.56 Å². The van der Waals surface area contributed by atoms with Crippen LogP contribution >= 0.6 is 0 Å². The van der Waals surface area contributed by atoms with Crippen molar-refractivity contribution in [1.82, 2.24) is 4.72 Å². The van der Waals surface area contributed by atoms with E-state index in [1.807, 2.05) is 6.92 Å². The Balaban J connectivity index is 2.16. The van der Waals surface area contributed by atoms with E-state index in [2.05, 4.69) is 4.72 Å². The average molecular weight is 289 g/mol. The Morgan fingerprint density at radius 3 is 2.33 bits per heavy atom. The summed E-state index contributed by atoms with van der Waals surface area (Å²) in [5.74, 6) is -0.0633. The molecular formula is C11H15NO4S2. The highest BCUT2D eigenvalue weighted by atomic mass is 32.2. The normalized spacial score (nSPS) is 23.1. The van der Waals surface area contributed by atoms with Gasteiger partial charge in [-0.3, -0.25) is 0 Å². The van der Waals surface area contributed by atoms with Crippen LogP contribution in [0.5, 0.6) is 0 Å². The van der Waals surface area contributed by atoms with Gasteiger partial charge in [-0.15, -0.1) is 0 Å². The second-order valence-electron chi connectivity index (χ2n) is 4.53. The predicted octanol–water partition coefficient (Wildman–Crippen LogP) is 0.460. The van der Waals surface area contributed by atoms with Crippen molar-refractivity contribution in [1.29, 1.82) is 0 Å². The van der Waals surface area contributed by atoms with E-state index in [-0.39, 0.29) is 16.4 Å². The van der Waals surface area contributed by atoms with Crippen LogP contribution in [0.15, 0.2) is 29.2 Å². The predicted molar refractivity (Wildman–Crippen MR) is 68.6 cm³/mol. The van der Waals surface area contributed by atoms with Gasteiger partial charge in [0, 0.05) is 6.04 Å². The fraction of sp³-hybridized carbons (Fsp3) is 0.455. The molecule has 7 heteroatoms. The molecule has 2 rings (SSSR count). The Morgan fingerprint density at radius 2 is 1.83 bits per heavy atom. The zero-order valence-corrected chi connectivity index (χ0v) is 11.6. The number of hydrogen-bond donors (Lipinski definition) is 1. The highest BCUT2D eigenvalue weighted by Crippen LogP contribution is 2.16. The molecule has 0 radical (unpaired) electrons. The molecule has 1 unspecified atom stereocenters. The van der Waals surface area contributed by atoms with Crippen LogP contribution < -0.4 is 4.72 Å². The number of aryl methyl sites for hydroxylation is 1. The van der Waals surface area contributed by atoms with Crippen molar-refractivity contribution >= 4 is 19.9 Å². The molecule has 100 valence electrons. The molecule has 0 aromatic heterocycles. The van der Waals surface area contributed by atoms with E-state index < -0.39 is 25.9 Å². The quantitative estimate of drug-likeness (QED) is 0.876. The first-order valence-corrected chi connectivity index (χ1v) is 8.88. The van der Waals surface area contributed by atoms with Crippen LogP contribution in [-0.2, 0) is 19.9 Å². The zero-order valence-electron chi connectivity index (χ0n) is 9.96. The van der Waals surface area contributed by atoms with Gasteiger partial charge in [-0.25, -0.2) is 21.6 Å². The van der Waals surface area contributed by atoms with Crippen molar-refractivity contribution in [2.24, 2.45) is 0 Å². The average Bonchev–Trinajstić information content (AvgIpc) is 2.57. The summed E-state index contributed by atoms with van der Waals surface area (Å²) < 4.78 is 49.0. The van der Waals surface area contributed by atoms with Gasteiger partial charge in [-0.05, 0) is 25.5 Å². The van der Waals surface area contributed by atoms with Gasteiger partial charge in [-0.1, -0.05) is 17.7 Å². The molecule has 5 nitrogen and oxygen atoms in total. The maximum absolute atomic E-state index is 12.0. The summed E-state index contributed by atoms with van der Waals surface area (Å²) in [4.78, 5) is 0.164. The van der Waals surface area contributed by atoms with Gasteiger partial charge in [0.2, 0.25) is 10.0 Å². The van der Waals surface area contributed by atoms with E-state index in [0.29, 0.717) is 6.42 Å². The van der Waals surface area contributed by atoms with Gasteiger partial charge in [-0.2, -0.15) is 0 Å².